The van der Waals surface area contributed by atoms with E-state index < -0.39 is 0 Å². The molecule has 16 heavy (non-hydrogen) atoms. The highest BCUT2D eigenvalue weighted by Crippen LogP contribution is 2.27. The largest absolute Gasteiger partial charge is 1.00 e. The molecule has 0 spiro atoms. The highest BCUT2D eigenvalue weighted by molar-refractivity contribution is 5.43. The van der Waals surface area contributed by atoms with Crippen molar-refractivity contribution in [3.63, 3.8) is 0 Å². The maximum absolute atomic E-state index is 2.36. The maximum atomic E-state index is 2.36. The minimum absolute atomic E-state index is 0. The van der Waals surface area contributed by atoms with Crippen LogP contribution in [0.4, 0.5) is 5.69 Å². The van der Waals surface area contributed by atoms with Gasteiger partial charge >= 0.3 is 0 Å². The first-order valence-corrected chi connectivity index (χ1v) is 6.13. The molecule has 1 unspecified atom stereocenters. The SMILES string of the molecule is CCC(C)[N+](CC)(CC)c1ccccc1.[I-]. The summed E-state index contributed by atoms with van der Waals surface area (Å²) >= 11 is 0. The number of halogens is 1. The second kappa shape index (κ2) is 7.28. The van der Waals surface area contributed by atoms with Gasteiger partial charge in [0.15, 0.2) is 0 Å². The van der Waals surface area contributed by atoms with Crippen LogP contribution in [-0.4, -0.2) is 19.1 Å². The van der Waals surface area contributed by atoms with Crippen molar-refractivity contribution >= 4 is 5.69 Å². The number of rotatable bonds is 5. The molecule has 1 aromatic rings. The van der Waals surface area contributed by atoms with E-state index in [1.807, 2.05) is 0 Å². The van der Waals surface area contributed by atoms with Crippen molar-refractivity contribution in [2.75, 3.05) is 13.1 Å². The van der Waals surface area contributed by atoms with Crippen LogP contribution in [0.15, 0.2) is 30.3 Å². The van der Waals surface area contributed by atoms with Gasteiger partial charge in [-0.1, -0.05) is 25.1 Å². The molecular weight excluding hydrogens is 309 g/mol. The average Bonchev–Trinajstić information content (AvgIpc) is 2.32. The van der Waals surface area contributed by atoms with E-state index in [2.05, 4.69) is 58.0 Å². The quantitative estimate of drug-likeness (QED) is 0.553. The topological polar surface area (TPSA) is 0 Å². The molecule has 0 N–H and O–H groups in total. The van der Waals surface area contributed by atoms with Gasteiger partial charge in [0.1, 0.15) is 5.69 Å². The van der Waals surface area contributed by atoms with Gasteiger partial charge in [0.25, 0.3) is 0 Å². The van der Waals surface area contributed by atoms with Crippen molar-refractivity contribution in [2.24, 2.45) is 0 Å². The van der Waals surface area contributed by atoms with Crippen LogP contribution in [0.3, 0.4) is 0 Å². The average molecular weight is 333 g/mol. The van der Waals surface area contributed by atoms with Crippen LogP contribution in [0.2, 0.25) is 0 Å². The molecule has 92 valence electrons. The number of benzene rings is 1. The van der Waals surface area contributed by atoms with Crippen LogP contribution in [0.25, 0.3) is 0 Å². The number of hydrogen-bond acceptors (Lipinski definition) is 0. The molecule has 0 aliphatic rings. The zero-order valence-corrected chi connectivity index (χ0v) is 13.1. The smallest absolute Gasteiger partial charge is 0.133 e. The summed E-state index contributed by atoms with van der Waals surface area (Å²) in [5, 5.41) is 0. The Hall–Kier alpha value is -0.0900. The second-order valence-electron chi connectivity index (χ2n) is 4.26. The fourth-order valence-electron chi connectivity index (χ4n) is 2.54. The highest BCUT2D eigenvalue weighted by atomic mass is 127. The first-order chi connectivity index (χ1) is 7.21. The van der Waals surface area contributed by atoms with Crippen molar-refractivity contribution in [1.82, 2.24) is 4.48 Å². The van der Waals surface area contributed by atoms with Gasteiger partial charge in [-0.25, -0.2) is 0 Å². The summed E-state index contributed by atoms with van der Waals surface area (Å²) in [5.41, 5.74) is 1.46. The van der Waals surface area contributed by atoms with E-state index in [1.165, 1.54) is 25.2 Å². The van der Waals surface area contributed by atoms with Crippen LogP contribution in [0.1, 0.15) is 34.1 Å². The van der Waals surface area contributed by atoms with E-state index in [1.54, 1.807) is 0 Å². The van der Waals surface area contributed by atoms with Crippen molar-refractivity contribution in [3.8, 4) is 0 Å². The summed E-state index contributed by atoms with van der Waals surface area (Å²) in [6, 6.07) is 11.6. The van der Waals surface area contributed by atoms with Gasteiger partial charge in [-0.3, -0.25) is 4.48 Å². The summed E-state index contributed by atoms with van der Waals surface area (Å²) in [6.45, 7) is 11.6. The minimum atomic E-state index is 0. The third-order valence-electron chi connectivity index (χ3n) is 3.83. The monoisotopic (exact) mass is 333 g/mol. The van der Waals surface area contributed by atoms with Gasteiger partial charge in [0.2, 0.25) is 0 Å². The molecule has 1 aromatic carbocycles. The van der Waals surface area contributed by atoms with Gasteiger partial charge in [-0.15, -0.1) is 0 Å². The fraction of sp³-hybridized carbons (Fsp3) is 0.571. The predicted molar refractivity (Wildman–Crippen MR) is 69.1 cm³/mol. The van der Waals surface area contributed by atoms with Gasteiger partial charge < -0.3 is 24.0 Å². The van der Waals surface area contributed by atoms with Gasteiger partial charge in [-0.2, -0.15) is 0 Å². The van der Waals surface area contributed by atoms with Crippen LogP contribution in [0, 0.1) is 0 Å². The normalized spacial score (nSPS) is 13.0. The Labute approximate surface area is 117 Å². The van der Waals surface area contributed by atoms with Gasteiger partial charge in [0.05, 0.1) is 19.1 Å². The fourth-order valence-corrected chi connectivity index (χ4v) is 2.54. The molecule has 0 aliphatic carbocycles. The van der Waals surface area contributed by atoms with Crippen LogP contribution >= 0.6 is 0 Å². The van der Waals surface area contributed by atoms with E-state index in [4.69, 9.17) is 0 Å². The van der Waals surface area contributed by atoms with E-state index in [-0.39, 0.29) is 24.0 Å². The van der Waals surface area contributed by atoms with E-state index in [0.717, 1.165) is 4.48 Å². The lowest BCUT2D eigenvalue weighted by atomic mass is 10.1. The van der Waals surface area contributed by atoms with E-state index in [9.17, 15) is 0 Å². The summed E-state index contributed by atoms with van der Waals surface area (Å²) in [5.74, 6) is 0. The zero-order valence-electron chi connectivity index (χ0n) is 10.9. The van der Waals surface area contributed by atoms with E-state index in [0.29, 0.717) is 6.04 Å². The molecule has 0 fully saturated rings. The van der Waals surface area contributed by atoms with Crippen LogP contribution < -0.4 is 28.5 Å². The van der Waals surface area contributed by atoms with Crippen molar-refractivity contribution in [3.05, 3.63) is 30.3 Å². The number of nitrogens with zero attached hydrogens (tertiary/aromatic N) is 1. The Bertz CT molecular complexity index is 280. The Balaban J connectivity index is 0.00000225. The Morgan fingerprint density at radius 1 is 1.00 bits per heavy atom. The maximum Gasteiger partial charge on any atom is 0.133 e. The standard InChI is InChI=1S/C14H24N.HI/c1-5-13(4)15(6-2,7-3)14-11-9-8-10-12-14;/h8-13H,5-7H2,1-4H3;1H/q+1;/p-1. The lowest BCUT2D eigenvalue weighted by Crippen LogP contribution is -3.00. The van der Waals surface area contributed by atoms with Crippen molar-refractivity contribution < 1.29 is 24.0 Å². The third kappa shape index (κ3) is 2.98. The molecule has 0 saturated heterocycles. The summed E-state index contributed by atoms with van der Waals surface area (Å²) < 4.78 is 1.11. The lowest BCUT2D eigenvalue weighted by molar-refractivity contribution is -0.00000335. The first kappa shape index (κ1) is 15.9. The number of quaternary nitrogens is 1. The summed E-state index contributed by atoms with van der Waals surface area (Å²) in [6.07, 6.45) is 1.23. The second-order valence-corrected chi connectivity index (χ2v) is 4.26. The number of hydrogen-bond donors (Lipinski definition) is 0. The molecule has 2 heteroatoms. The molecule has 0 radical (unpaired) electrons. The molecule has 0 aliphatic heterocycles. The summed E-state index contributed by atoms with van der Waals surface area (Å²) in [4.78, 5) is 0. The molecule has 1 rings (SSSR count). The van der Waals surface area contributed by atoms with Crippen LogP contribution in [0.5, 0.6) is 0 Å². The molecule has 0 amide bonds. The predicted octanol–water partition coefficient (Wildman–Crippen LogP) is 0.836. The lowest BCUT2D eigenvalue weighted by Gasteiger charge is -2.41. The summed E-state index contributed by atoms with van der Waals surface area (Å²) in [7, 11) is 0. The molecular formula is C14H24IN. The molecule has 1 nitrogen and oxygen atoms in total. The first-order valence-electron chi connectivity index (χ1n) is 6.13. The Kier molecular flexibility index (Phi) is 7.24. The van der Waals surface area contributed by atoms with E-state index >= 15 is 0 Å². The molecule has 0 bridgehead atoms. The molecule has 1 atom stereocenters. The molecule has 0 aromatic heterocycles. The Morgan fingerprint density at radius 2 is 1.50 bits per heavy atom. The Morgan fingerprint density at radius 3 is 1.88 bits per heavy atom. The van der Waals surface area contributed by atoms with Crippen molar-refractivity contribution in [1.29, 1.82) is 0 Å². The molecule has 0 saturated carbocycles. The van der Waals surface area contributed by atoms with Gasteiger partial charge in [-0.05, 0) is 39.3 Å². The third-order valence-corrected chi connectivity index (χ3v) is 3.83. The zero-order chi connectivity index (χ0) is 11.3. The highest BCUT2D eigenvalue weighted by Gasteiger charge is 2.31. The minimum Gasteiger partial charge on any atom is -1.00 e. The van der Waals surface area contributed by atoms with Crippen LogP contribution in [-0.2, 0) is 0 Å². The van der Waals surface area contributed by atoms with Gasteiger partial charge in [0, 0.05) is 0 Å². The number of para-hydroxylation sites is 1. The molecule has 0 heterocycles. The van der Waals surface area contributed by atoms with Crippen molar-refractivity contribution in [2.45, 2.75) is 40.2 Å².